The van der Waals surface area contributed by atoms with Gasteiger partial charge in [-0.2, -0.15) is 0 Å². The Labute approximate surface area is 119 Å². The van der Waals surface area contributed by atoms with Crippen LogP contribution in [0.1, 0.15) is 24.8 Å². The molecule has 0 unspecified atom stereocenters. The normalized spacial score (nSPS) is 20.8. The van der Waals surface area contributed by atoms with E-state index in [1.54, 1.807) is 0 Å². The van der Waals surface area contributed by atoms with Crippen LogP contribution >= 0.6 is 0 Å². The van der Waals surface area contributed by atoms with Crippen molar-refractivity contribution in [2.24, 2.45) is 5.92 Å². The van der Waals surface area contributed by atoms with Gasteiger partial charge in [0.1, 0.15) is 5.82 Å². The summed E-state index contributed by atoms with van der Waals surface area (Å²) < 4.78 is 12.9. The Morgan fingerprint density at radius 2 is 1.75 bits per heavy atom. The van der Waals surface area contributed by atoms with Crippen molar-refractivity contribution in [1.82, 2.24) is 9.80 Å². The lowest BCUT2D eigenvalue weighted by Gasteiger charge is -2.38. The first-order chi connectivity index (χ1) is 9.72. The van der Waals surface area contributed by atoms with Gasteiger partial charge >= 0.3 is 0 Å². The van der Waals surface area contributed by atoms with Crippen LogP contribution in [0, 0.1) is 11.7 Å². The van der Waals surface area contributed by atoms with Crippen molar-refractivity contribution in [2.45, 2.75) is 25.8 Å². The molecular weight excluding hydrogens is 255 g/mol. The van der Waals surface area contributed by atoms with Gasteiger partial charge in [0, 0.05) is 38.6 Å². The third-order valence-electron chi connectivity index (χ3n) is 4.46. The molecule has 0 spiro atoms. The second-order valence-corrected chi connectivity index (χ2v) is 5.86. The van der Waals surface area contributed by atoms with Crippen LogP contribution in [-0.2, 0) is 11.3 Å². The maximum absolute atomic E-state index is 12.9. The summed E-state index contributed by atoms with van der Waals surface area (Å²) in [4.78, 5) is 16.5. The Morgan fingerprint density at radius 3 is 2.30 bits per heavy atom. The van der Waals surface area contributed by atoms with E-state index in [1.807, 2.05) is 17.0 Å². The van der Waals surface area contributed by atoms with Gasteiger partial charge in [0.25, 0.3) is 0 Å². The number of amides is 1. The summed E-state index contributed by atoms with van der Waals surface area (Å²) in [5.74, 6) is 0.473. The summed E-state index contributed by atoms with van der Waals surface area (Å²) in [7, 11) is 0. The molecule has 3 nitrogen and oxygen atoms in total. The van der Waals surface area contributed by atoms with E-state index in [1.165, 1.54) is 18.6 Å². The molecule has 1 aliphatic carbocycles. The molecule has 0 bridgehead atoms. The Bertz CT molecular complexity index is 462. The zero-order chi connectivity index (χ0) is 13.9. The molecule has 0 N–H and O–H groups in total. The van der Waals surface area contributed by atoms with Crippen molar-refractivity contribution >= 4 is 5.91 Å². The summed E-state index contributed by atoms with van der Waals surface area (Å²) in [6.45, 7) is 4.32. The molecule has 1 saturated carbocycles. The van der Waals surface area contributed by atoms with Crippen LogP contribution < -0.4 is 0 Å². The molecule has 4 heteroatoms. The van der Waals surface area contributed by atoms with Crippen molar-refractivity contribution in [3.8, 4) is 0 Å². The number of hydrogen-bond acceptors (Lipinski definition) is 2. The minimum Gasteiger partial charge on any atom is -0.340 e. The fraction of sp³-hybridized carbons (Fsp3) is 0.562. The molecule has 108 valence electrons. The zero-order valence-corrected chi connectivity index (χ0v) is 11.7. The lowest BCUT2D eigenvalue weighted by atomic mass is 9.84. The number of piperazine rings is 1. The largest absolute Gasteiger partial charge is 0.340 e. The minimum atomic E-state index is -0.190. The minimum absolute atomic E-state index is 0.190. The lowest BCUT2D eigenvalue weighted by molar-refractivity contribution is -0.140. The molecular formula is C16H21FN2O. The van der Waals surface area contributed by atoms with E-state index in [9.17, 15) is 9.18 Å². The van der Waals surface area contributed by atoms with E-state index in [4.69, 9.17) is 0 Å². The highest BCUT2D eigenvalue weighted by Crippen LogP contribution is 2.28. The quantitative estimate of drug-likeness (QED) is 0.845. The average molecular weight is 276 g/mol. The van der Waals surface area contributed by atoms with E-state index in [2.05, 4.69) is 4.90 Å². The van der Waals surface area contributed by atoms with Crippen LogP contribution in [0.5, 0.6) is 0 Å². The summed E-state index contributed by atoms with van der Waals surface area (Å²) >= 11 is 0. The Hall–Kier alpha value is -1.42. The second kappa shape index (κ2) is 5.92. The maximum Gasteiger partial charge on any atom is 0.225 e. The van der Waals surface area contributed by atoms with E-state index >= 15 is 0 Å². The fourth-order valence-corrected chi connectivity index (χ4v) is 2.89. The molecule has 1 saturated heterocycles. The Morgan fingerprint density at radius 1 is 1.10 bits per heavy atom. The molecule has 1 aliphatic heterocycles. The van der Waals surface area contributed by atoms with Crippen molar-refractivity contribution in [1.29, 1.82) is 0 Å². The third kappa shape index (κ3) is 3.01. The lowest BCUT2D eigenvalue weighted by Crippen LogP contribution is -2.50. The van der Waals surface area contributed by atoms with Crippen LogP contribution in [0.15, 0.2) is 24.3 Å². The average Bonchev–Trinajstić information content (AvgIpc) is 2.40. The molecule has 20 heavy (non-hydrogen) atoms. The van der Waals surface area contributed by atoms with E-state index in [-0.39, 0.29) is 5.82 Å². The second-order valence-electron chi connectivity index (χ2n) is 5.86. The highest BCUT2D eigenvalue weighted by molar-refractivity contribution is 5.79. The van der Waals surface area contributed by atoms with Crippen molar-refractivity contribution in [3.05, 3.63) is 35.6 Å². The molecule has 1 aromatic carbocycles. The molecule has 2 fully saturated rings. The highest BCUT2D eigenvalue weighted by Gasteiger charge is 2.31. The topological polar surface area (TPSA) is 23.6 Å². The first-order valence-electron chi connectivity index (χ1n) is 7.48. The van der Waals surface area contributed by atoms with Crippen molar-refractivity contribution < 1.29 is 9.18 Å². The highest BCUT2D eigenvalue weighted by atomic mass is 19.1. The van der Waals surface area contributed by atoms with Gasteiger partial charge in [-0.3, -0.25) is 9.69 Å². The summed E-state index contributed by atoms with van der Waals surface area (Å²) in [5, 5.41) is 0. The van der Waals surface area contributed by atoms with Gasteiger partial charge in [0.05, 0.1) is 0 Å². The predicted molar refractivity (Wildman–Crippen MR) is 75.6 cm³/mol. The number of benzene rings is 1. The molecule has 0 atom stereocenters. The van der Waals surface area contributed by atoms with Gasteiger partial charge in [-0.15, -0.1) is 0 Å². The number of nitrogens with zero attached hydrogens (tertiary/aromatic N) is 2. The zero-order valence-electron chi connectivity index (χ0n) is 11.7. The maximum atomic E-state index is 12.9. The Kier molecular flexibility index (Phi) is 4.01. The van der Waals surface area contributed by atoms with Crippen LogP contribution in [0.2, 0.25) is 0 Å². The van der Waals surface area contributed by atoms with Gasteiger partial charge in [-0.05, 0) is 30.5 Å². The summed E-state index contributed by atoms with van der Waals surface area (Å²) in [5.41, 5.74) is 1.13. The van der Waals surface area contributed by atoms with Gasteiger partial charge < -0.3 is 4.90 Å². The fourth-order valence-electron chi connectivity index (χ4n) is 2.89. The Balaban J connectivity index is 1.48. The standard InChI is InChI=1S/C16H21FN2O/c17-15-6-4-13(5-7-15)12-18-8-10-19(11-9-18)16(20)14-2-1-3-14/h4-7,14H,1-3,8-12H2. The number of carbonyl (C=O) groups excluding carboxylic acids is 1. The predicted octanol–water partition coefficient (Wildman–Crippen LogP) is 2.27. The summed E-state index contributed by atoms with van der Waals surface area (Å²) in [6.07, 6.45) is 3.37. The van der Waals surface area contributed by atoms with Crippen molar-refractivity contribution in [3.63, 3.8) is 0 Å². The third-order valence-corrected chi connectivity index (χ3v) is 4.46. The molecule has 1 amide bonds. The molecule has 3 rings (SSSR count). The summed E-state index contributed by atoms with van der Waals surface area (Å²) in [6, 6.07) is 6.68. The molecule has 1 heterocycles. The van der Waals surface area contributed by atoms with E-state index < -0.39 is 0 Å². The number of carbonyl (C=O) groups is 1. The number of hydrogen-bond donors (Lipinski definition) is 0. The number of rotatable bonds is 3. The van der Waals surface area contributed by atoms with Gasteiger partial charge in [0.2, 0.25) is 5.91 Å². The first-order valence-corrected chi connectivity index (χ1v) is 7.48. The molecule has 2 aliphatic rings. The number of halogens is 1. The monoisotopic (exact) mass is 276 g/mol. The van der Waals surface area contributed by atoms with Gasteiger partial charge in [-0.1, -0.05) is 18.6 Å². The molecule has 0 radical (unpaired) electrons. The van der Waals surface area contributed by atoms with E-state index in [0.29, 0.717) is 11.8 Å². The van der Waals surface area contributed by atoms with Crippen LogP contribution in [0.25, 0.3) is 0 Å². The van der Waals surface area contributed by atoms with Crippen molar-refractivity contribution in [2.75, 3.05) is 26.2 Å². The molecule has 1 aromatic rings. The van der Waals surface area contributed by atoms with E-state index in [0.717, 1.165) is 51.1 Å². The van der Waals surface area contributed by atoms with Crippen LogP contribution in [0.3, 0.4) is 0 Å². The van der Waals surface area contributed by atoms with Gasteiger partial charge in [-0.25, -0.2) is 4.39 Å². The first kappa shape index (κ1) is 13.6. The SMILES string of the molecule is O=C(C1CCC1)N1CCN(Cc2ccc(F)cc2)CC1. The van der Waals surface area contributed by atoms with Crippen LogP contribution in [0.4, 0.5) is 4.39 Å². The smallest absolute Gasteiger partial charge is 0.225 e. The molecule has 0 aromatic heterocycles. The van der Waals surface area contributed by atoms with Gasteiger partial charge in [0.15, 0.2) is 0 Å². The van der Waals surface area contributed by atoms with Crippen LogP contribution in [-0.4, -0.2) is 41.9 Å².